The zero-order valence-electron chi connectivity index (χ0n) is 6.21. The molecular weight excluding hydrogens is 160 g/mol. The van der Waals surface area contributed by atoms with Crippen molar-refractivity contribution in [1.82, 2.24) is 0 Å². The molecule has 1 aromatic rings. The van der Waals surface area contributed by atoms with Crippen molar-refractivity contribution in [3.63, 3.8) is 0 Å². The lowest BCUT2D eigenvalue weighted by Gasteiger charge is -2.13. The predicted octanol–water partition coefficient (Wildman–Crippen LogP) is 2.32. The Labute approximate surface area is 70.1 Å². The molecule has 0 aliphatic carbocycles. The van der Waals surface area contributed by atoms with Crippen molar-refractivity contribution in [3.8, 4) is 11.5 Å². The van der Waals surface area contributed by atoms with Gasteiger partial charge in [0, 0.05) is 10.8 Å². The van der Waals surface area contributed by atoms with Gasteiger partial charge in [-0.25, -0.2) is 0 Å². The predicted molar refractivity (Wildman–Crippen MR) is 46.6 cm³/mol. The Bertz CT molecular complexity index is 199. The number of ether oxygens (including phenoxy) is 2. The topological polar surface area (TPSA) is 18.5 Å². The monoisotopic (exact) mass is 170 g/mol. The van der Waals surface area contributed by atoms with Crippen LogP contribution in [-0.2, 0) is 0 Å². The van der Waals surface area contributed by atoms with E-state index >= 15 is 0 Å². The Morgan fingerprint density at radius 1 is 1.09 bits per heavy atom. The summed E-state index contributed by atoms with van der Waals surface area (Å²) in [7, 11) is 0. The fourth-order valence-corrected chi connectivity index (χ4v) is 1.47. The zero-order valence-corrected chi connectivity index (χ0v) is 7.02. The van der Waals surface area contributed by atoms with Crippen LogP contribution in [0.5, 0.6) is 11.5 Å². The Hall–Kier alpha value is -0.960. The van der Waals surface area contributed by atoms with Gasteiger partial charge in [-0.1, -0.05) is 0 Å². The molecule has 60 valence electrons. The fraction of sp³-hybridized carbons (Fsp3) is 0.250. The Morgan fingerprint density at radius 3 is 2.00 bits per heavy atom. The van der Waals surface area contributed by atoms with Crippen LogP contribution in [0.2, 0.25) is 0 Å². The molecular formula is C8H10O2S. The summed E-state index contributed by atoms with van der Waals surface area (Å²) < 4.78 is 10.5. The van der Waals surface area contributed by atoms with Crippen molar-refractivity contribution in [2.75, 3.05) is 13.2 Å². The van der Waals surface area contributed by atoms with E-state index in [2.05, 4.69) is 13.2 Å². The molecule has 0 fully saturated rings. The molecule has 1 aliphatic rings. The van der Waals surface area contributed by atoms with Crippen molar-refractivity contribution in [1.29, 1.82) is 0 Å². The quantitative estimate of drug-likeness (QED) is 0.556. The Morgan fingerprint density at radius 2 is 1.55 bits per heavy atom. The van der Waals surface area contributed by atoms with E-state index in [1.807, 2.05) is 10.8 Å². The maximum absolute atomic E-state index is 5.25. The second-order valence-electron chi connectivity index (χ2n) is 1.80. The van der Waals surface area contributed by atoms with Crippen LogP contribution >= 0.6 is 11.3 Å². The highest BCUT2D eigenvalue weighted by Gasteiger charge is 2.10. The smallest absolute Gasteiger partial charge is 0.172 e. The van der Waals surface area contributed by atoms with E-state index in [1.165, 1.54) is 0 Å². The van der Waals surface area contributed by atoms with Gasteiger partial charge in [-0.3, -0.25) is 0 Å². The number of thiophene rings is 1. The maximum atomic E-state index is 5.25. The molecule has 0 unspecified atom stereocenters. The summed E-state index contributed by atoms with van der Waals surface area (Å²) in [5, 5.41) is 3.91. The second kappa shape index (κ2) is 4.03. The standard InChI is InChI=1S/C6H6O2S.C2H4/c1-2-8-6-4-9-3-5(6)7-1;1-2/h3-4H,1-2H2;1-2H2. The van der Waals surface area contributed by atoms with Crippen LogP contribution in [0.15, 0.2) is 23.9 Å². The van der Waals surface area contributed by atoms with Gasteiger partial charge in [-0.2, -0.15) is 0 Å². The molecule has 11 heavy (non-hydrogen) atoms. The third-order valence-corrected chi connectivity index (χ3v) is 1.89. The van der Waals surface area contributed by atoms with E-state index in [0.717, 1.165) is 11.5 Å². The van der Waals surface area contributed by atoms with Gasteiger partial charge in [0.2, 0.25) is 0 Å². The number of hydrogen-bond acceptors (Lipinski definition) is 3. The van der Waals surface area contributed by atoms with E-state index in [-0.39, 0.29) is 0 Å². The summed E-state index contributed by atoms with van der Waals surface area (Å²) in [6.07, 6.45) is 0. The van der Waals surface area contributed by atoms with E-state index in [1.54, 1.807) is 11.3 Å². The average molecular weight is 170 g/mol. The molecule has 1 aromatic heterocycles. The van der Waals surface area contributed by atoms with Gasteiger partial charge in [-0.15, -0.1) is 24.5 Å². The minimum atomic E-state index is 0.684. The first-order valence-corrected chi connectivity index (χ1v) is 4.23. The molecule has 1 aliphatic heterocycles. The van der Waals surface area contributed by atoms with Crippen LogP contribution in [0.4, 0.5) is 0 Å². The van der Waals surface area contributed by atoms with Gasteiger partial charge in [-0.05, 0) is 0 Å². The third kappa shape index (κ3) is 1.74. The van der Waals surface area contributed by atoms with E-state index < -0.39 is 0 Å². The molecule has 0 radical (unpaired) electrons. The normalized spacial score (nSPS) is 13.1. The summed E-state index contributed by atoms with van der Waals surface area (Å²) in [4.78, 5) is 0. The third-order valence-electron chi connectivity index (χ3n) is 1.19. The highest BCUT2D eigenvalue weighted by atomic mass is 32.1. The first kappa shape index (κ1) is 8.14. The van der Waals surface area contributed by atoms with Gasteiger partial charge >= 0.3 is 0 Å². The average Bonchev–Trinajstić information content (AvgIpc) is 2.55. The van der Waals surface area contributed by atoms with Crippen LogP contribution in [0.1, 0.15) is 0 Å². The molecule has 0 bridgehead atoms. The van der Waals surface area contributed by atoms with Crippen molar-refractivity contribution >= 4 is 11.3 Å². The lowest BCUT2D eigenvalue weighted by atomic mass is 10.5. The first-order chi connectivity index (χ1) is 5.47. The maximum Gasteiger partial charge on any atom is 0.172 e. The van der Waals surface area contributed by atoms with Crippen molar-refractivity contribution in [2.24, 2.45) is 0 Å². The van der Waals surface area contributed by atoms with Crippen LogP contribution in [-0.4, -0.2) is 13.2 Å². The Kier molecular flexibility index (Phi) is 2.98. The van der Waals surface area contributed by atoms with E-state index in [0.29, 0.717) is 13.2 Å². The lowest BCUT2D eigenvalue weighted by molar-refractivity contribution is 0.173. The summed E-state index contributed by atoms with van der Waals surface area (Å²) in [6.45, 7) is 7.37. The first-order valence-electron chi connectivity index (χ1n) is 3.28. The van der Waals surface area contributed by atoms with Crippen LogP contribution < -0.4 is 9.47 Å². The molecule has 0 N–H and O–H groups in total. The zero-order chi connectivity index (χ0) is 8.10. The largest absolute Gasteiger partial charge is 0.485 e. The second-order valence-corrected chi connectivity index (χ2v) is 2.54. The molecule has 2 rings (SSSR count). The molecule has 0 amide bonds. The van der Waals surface area contributed by atoms with Gasteiger partial charge in [0.25, 0.3) is 0 Å². The summed E-state index contributed by atoms with van der Waals surface area (Å²) in [5.41, 5.74) is 0. The van der Waals surface area contributed by atoms with Gasteiger partial charge in [0.05, 0.1) is 0 Å². The molecule has 0 spiro atoms. The highest BCUT2D eigenvalue weighted by Crippen LogP contribution is 2.33. The van der Waals surface area contributed by atoms with Crippen LogP contribution in [0.25, 0.3) is 0 Å². The molecule has 2 nitrogen and oxygen atoms in total. The van der Waals surface area contributed by atoms with Crippen LogP contribution in [0.3, 0.4) is 0 Å². The molecule has 2 heterocycles. The summed E-state index contributed by atoms with van der Waals surface area (Å²) >= 11 is 1.61. The minimum absolute atomic E-state index is 0.684. The SMILES string of the molecule is C=C.c1scc2c1OCCO2. The van der Waals surface area contributed by atoms with E-state index in [4.69, 9.17) is 9.47 Å². The van der Waals surface area contributed by atoms with Gasteiger partial charge in [0.1, 0.15) is 13.2 Å². The van der Waals surface area contributed by atoms with Crippen LogP contribution in [0, 0.1) is 0 Å². The number of hydrogen-bond donors (Lipinski definition) is 0. The van der Waals surface area contributed by atoms with Crippen molar-refractivity contribution in [3.05, 3.63) is 23.9 Å². The fourth-order valence-electron chi connectivity index (χ4n) is 0.787. The number of fused-ring (bicyclic) bond motifs is 1. The lowest BCUT2D eigenvalue weighted by Crippen LogP contribution is -2.13. The highest BCUT2D eigenvalue weighted by molar-refractivity contribution is 7.08. The van der Waals surface area contributed by atoms with Gasteiger partial charge in [0.15, 0.2) is 11.5 Å². The Balaban J connectivity index is 0.000000281. The molecule has 0 saturated carbocycles. The minimum Gasteiger partial charge on any atom is -0.485 e. The summed E-state index contributed by atoms with van der Waals surface area (Å²) in [5.74, 6) is 1.79. The molecule has 0 atom stereocenters. The van der Waals surface area contributed by atoms with Gasteiger partial charge < -0.3 is 9.47 Å². The van der Waals surface area contributed by atoms with Crippen molar-refractivity contribution < 1.29 is 9.47 Å². The molecule has 0 saturated heterocycles. The molecule has 3 heteroatoms. The molecule has 0 aromatic carbocycles. The summed E-state index contributed by atoms with van der Waals surface area (Å²) in [6, 6.07) is 0. The van der Waals surface area contributed by atoms with Crippen molar-refractivity contribution in [2.45, 2.75) is 0 Å². The number of rotatable bonds is 0. The van der Waals surface area contributed by atoms with E-state index in [9.17, 15) is 0 Å².